The summed E-state index contributed by atoms with van der Waals surface area (Å²) in [4.78, 5) is 27.0. The number of hydrogen-bond donors (Lipinski definition) is 3. The van der Waals surface area contributed by atoms with Gasteiger partial charge in [-0.3, -0.25) is 0 Å². The van der Waals surface area contributed by atoms with Gasteiger partial charge in [-0.1, -0.05) is 6.07 Å². The minimum Gasteiger partial charge on any atom is -0.493 e. The molecule has 2 aromatic carbocycles. The van der Waals surface area contributed by atoms with Crippen molar-refractivity contribution in [2.75, 3.05) is 42.3 Å². The molecule has 1 heterocycles. The predicted octanol–water partition coefficient (Wildman–Crippen LogP) is 3.76. The summed E-state index contributed by atoms with van der Waals surface area (Å²) < 4.78 is 32.1. The number of nitrogens with one attached hydrogen (secondary N) is 1. The van der Waals surface area contributed by atoms with Crippen LogP contribution in [0.4, 0.5) is 0 Å². The Balaban J connectivity index is 2.46. The molecule has 0 aliphatic heterocycles. The number of aromatic carboxylic acids is 2. The second kappa shape index (κ2) is 10.7. The Labute approximate surface area is 200 Å². The number of carbonyl (C=O) groups is 2. The van der Waals surface area contributed by atoms with Crippen molar-refractivity contribution in [1.82, 2.24) is 4.98 Å². The van der Waals surface area contributed by atoms with Gasteiger partial charge < -0.3 is 43.6 Å². The van der Waals surface area contributed by atoms with E-state index >= 15 is 0 Å². The van der Waals surface area contributed by atoms with Crippen LogP contribution in [0.25, 0.3) is 22.3 Å². The van der Waals surface area contributed by atoms with Gasteiger partial charge in [-0.15, -0.1) is 0 Å². The van der Waals surface area contributed by atoms with Gasteiger partial charge in [0.05, 0.1) is 28.4 Å². The summed E-state index contributed by atoms with van der Waals surface area (Å²) in [5, 5.41) is 19.9. The van der Waals surface area contributed by atoms with Crippen molar-refractivity contribution in [1.29, 1.82) is 0 Å². The van der Waals surface area contributed by atoms with Gasteiger partial charge >= 0.3 is 11.9 Å². The molecule has 35 heavy (non-hydrogen) atoms. The van der Waals surface area contributed by atoms with Crippen LogP contribution in [0.15, 0.2) is 30.3 Å². The molecule has 0 bridgehead atoms. The van der Waals surface area contributed by atoms with Crippen molar-refractivity contribution in [3.05, 3.63) is 41.7 Å². The van der Waals surface area contributed by atoms with E-state index in [1.807, 2.05) is 0 Å². The topological polar surface area (TPSA) is 146 Å². The van der Waals surface area contributed by atoms with Gasteiger partial charge in [-0.25, -0.2) is 9.59 Å². The third kappa shape index (κ3) is 4.80. The molecule has 11 nitrogen and oxygen atoms in total. The molecule has 0 saturated heterocycles. The first-order chi connectivity index (χ1) is 16.8. The Hall–Kier alpha value is -4.38. The maximum Gasteiger partial charge on any atom is 0.352 e. The molecule has 11 heteroatoms. The van der Waals surface area contributed by atoms with Crippen molar-refractivity contribution in [2.45, 2.75) is 0 Å². The number of rotatable bonds is 11. The Bertz CT molecular complexity index is 1250. The van der Waals surface area contributed by atoms with Crippen LogP contribution in [0.3, 0.4) is 0 Å². The molecule has 3 N–H and O–H groups in total. The molecule has 0 radical (unpaired) electrons. The largest absolute Gasteiger partial charge is 0.493 e. The molecule has 186 valence electrons. The zero-order chi connectivity index (χ0) is 25.7. The van der Waals surface area contributed by atoms with E-state index in [9.17, 15) is 19.8 Å². The second-order valence-electron chi connectivity index (χ2n) is 7.06. The van der Waals surface area contributed by atoms with Gasteiger partial charge in [0.1, 0.15) is 17.1 Å². The maximum atomic E-state index is 12.3. The van der Waals surface area contributed by atoms with Gasteiger partial charge in [-0.2, -0.15) is 0 Å². The Kier molecular flexibility index (Phi) is 7.72. The molecule has 0 aliphatic rings. The van der Waals surface area contributed by atoms with Crippen molar-refractivity contribution < 1.29 is 48.2 Å². The molecule has 0 aliphatic carbocycles. The van der Waals surface area contributed by atoms with Crippen LogP contribution in [0.2, 0.25) is 0 Å². The Morgan fingerprint density at radius 2 is 1.26 bits per heavy atom. The number of benzene rings is 2. The first-order valence-corrected chi connectivity index (χ1v) is 10.1. The summed E-state index contributed by atoms with van der Waals surface area (Å²) in [6, 6.07) is 7.76. The van der Waals surface area contributed by atoms with Crippen LogP contribution in [-0.4, -0.2) is 69.5 Å². The molecule has 0 unspecified atom stereocenters. The average Bonchev–Trinajstić information content (AvgIpc) is 3.27. The highest BCUT2D eigenvalue weighted by Gasteiger charge is 2.30. The highest BCUT2D eigenvalue weighted by atomic mass is 16.7. The summed E-state index contributed by atoms with van der Waals surface area (Å²) in [7, 11) is 7.19. The van der Waals surface area contributed by atoms with E-state index in [1.54, 1.807) is 18.2 Å². The number of methoxy groups -OCH3 is 5. The summed E-state index contributed by atoms with van der Waals surface area (Å²) in [5.74, 6) is -1.21. The summed E-state index contributed by atoms with van der Waals surface area (Å²) >= 11 is 0. The van der Waals surface area contributed by atoms with Crippen molar-refractivity contribution in [2.24, 2.45) is 0 Å². The number of aromatic amines is 1. The normalized spacial score (nSPS) is 10.5. The quantitative estimate of drug-likeness (QED) is 0.342. The SMILES string of the molecule is COCOc1cc(OC)c(OC)cc1-c1c(C(=O)O)[nH]c(C(=O)O)c1-c1ccc(OC)c(OC)c1. The summed E-state index contributed by atoms with van der Waals surface area (Å²) in [6.07, 6.45) is 0. The number of hydrogen-bond acceptors (Lipinski definition) is 8. The lowest BCUT2D eigenvalue weighted by Crippen LogP contribution is -2.04. The fraction of sp³-hybridized carbons (Fsp3) is 0.250. The van der Waals surface area contributed by atoms with Crippen LogP contribution >= 0.6 is 0 Å². The molecular formula is C24H25NO10. The molecule has 0 atom stereocenters. The standard InChI is InChI=1S/C24H25NO10/c1-30-11-35-15-10-18(34-5)17(33-4)9-13(15)20-19(21(23(26)27)25-22(20)24(28)29)12-6-7-14(31-2)16(8-12)32-3/h6-10,25H,11H2,1-5H3,(H,26,27)(H,28,29). The predicted molar refractivity (Wildman–Crippen MR) is 124 cm³/mol. The van der Waals surface area contributed by atoms with E-state index in [4.69, 9.17) is 28.4 Å². The third-order valence-electron chi connectivity index (χ3n) is 5.19. The van der Waals surface area contributed by atoms with Gasteiger partial charge in [-0.05, 0) is 23.8 Å². The molecule has 0 spiro atoms. The van der Waals surface area contributed by atoms with Crippen LogP contribution in [0.1, 0.15) is 21.0 Å². The Morgan fingerprint density at radius 3 is 1.80 bits per heavy atom. The van der Waals surface area contributed by atoms with E-state index in [0.29, 0.717) is 22.8 Å². The van der Waals surface area contributed by atoms with Gasteiger partial charge in [0, 0.05) is 29.9 Å². The molecule has 0 fully saturated rings. The number of ether oxygens (including phenoxy) is 6. The van der Waals surface area contributed by atoms with E-state index in [-0.39, 0.29) is 46.4 Å². The average molecular weight is 487 g/mol. The number of H-pyrrole nitrogens is 1. The van der Waals surface area contributed by atoms with Gasteiger partial charge in [0.25, 0.3) is 0 Å². The van der Waals surface area contributed by atoms with Crippen LogP contribution in [0, 0.1) is 0 Å². The van der Waals surface area contributed by atoms with Gasteiger partial charge in [0.2, 0.25) is 0 Å². The monoisotopic (exact) mass is 487 g/mol. The number of carboxylic acid groups (broad SMARTS) is 2. The molecular weight excluding hydrogens is 462 g/mol. The minimum atomic E-state index is -1.37. The lowest BCUT2D eigenvalue weighted by atomic mass is 9.93. The third-order valence-corrected chi connectivity index (χ3v) is 5.19. The fourth-order valence-electron chi connectivity index (χ4n) is 3.67. The first kappa shape index (κ1) is 25.2. The lowest BCUT2D eigenvalue weighted by molar-refractivity contribution is 0.0513. The van der Waals surface area contributed by atoms with Crippen LogP contribution in [-0.2, 0) is 4.74 Å². The smallest absolute Gasteiger partial charge is 0.352 e. The van der Waals surface area contributed by atoms with Gasteiger partial charge in [0.15, 0.2) is 29.8 Å². The molecule has 0 saturated carbocycles. The Morgan fingerprint density at radius 1 is 0.714 bits per heavy atom. The zero-order valence-corrected chi connectivity index (χ0v) is 19.8. The van der Waals surface area contributed by atoms with E-state index in [2.05, 4.69) is 4.98 Å². The molecule has 3 rings (SSSR count). The number of aromatic nitrogens is 1. The van der Waals surface area contributed by atoms with Crippen molar-refractivity contribution in [3.8, 4) is 51.0 Å². The minimum absolute atomic E-state index is 0.0641. The highest BCUT2D eigenvalue weighted by molar-refractivity contribution is 6.08. The summed E-state index contributed by atoms with van der Waals surface area (Å²) in [6.45, 7) is -0.160. The van der Waals surface area contributed by atoms with Crippen molar-refractivity contribution >= 4 is 11.9 Å². The van der Waals surface area contributed by atoms with Crippen LogP contribution < -0.4 is 23.7 Å². The molecule has 1 aromatic heterocycles. The van der Waals surface area contributed by atoms with E-state index in [1.165, 1.54) is 47.7 Å². The fourth-order valence-corrected chi connectivity index (χ4v) is 3.67. The van der Waals surface area contributed by atoms with Crippen molar-refractivity contribution in [3.63, 3.8) is 0 Å². The van der Waals surface area contributed by atoms with E-state index < -0.39 is 11.9 Å². The van der Waals surface area contributed by atoms with Crippen LogP contribution in [0.5, 0.6) is 28.7 Å². The molecule has 0 amide bonds. The molecule has 3 aromatic rings. The maximum absolute atomic E-state index is 12.3. The second-order valence-corrected chi connectivity index (χ2v) is 7.06. The van der Waals surface area contributed by atoms with E-state index in [0.717, 1.165) is 0 Å². The first-order valence-electron chi connectivity index (χ1n) is 10.1. The number of carboxylic acids is 2. The lowest BCUT2D eigenvalue weighted by Gasteiger charge is -2.17. The zero-order valence-electron chi connectivity index (χ0n) is 19.8. The highest BCUT2D eigenvalue weighted by Crippen LogP contribution is 2.47. The summed E-state index contributed by atoms with van der Waals surface area (Å²) in [5.41, 5.74) is 0.0789.